The van der Waals surface area contributed by atoms with Gasteiger partial charge >= 0.3 is 0 Å². The van der Waals surface area contributed by atoms with E-state index in [2.05, 4.69) is 5.32 Å². The van der Waals surface area contributed by atoms with E-state index in [0.29, 0.717) is 10.8 Å². The third-order valence-electron chi connectivity index (χ3n) is 2.88. The number of anilines is 1. The number of hydrogen-bond donors (Lipinski definition) is 1. The van der Waals surface area contributed by atoms with Crippen molar-refractivity contribution < 1.29 is 13.9 Å². The quantitative estimate of drug-likeness (QED) is 0.919. The molecule has 2 aromatic rings. The Bertz CT molecular complexity index is 643. The molecule has 1 N–H and O–H groups in total. The Labute approximate surface area is 127 Å². The van der Waals surface area contributed by atoms with Gasteiger partial charge in [0.15, 0.2) is 6.10 Å². The van der Waals surface area contributed by atoms with E-state index in [0.717, 1.165) is 5.56 Å². The number of aryl methyl sites for hydroxylation is 1. The highest BCUT2D eigenvalue weighted by atomic mass is 35.5. The van der Waals surface area contributed by atoms with Crippen LogP contribution in [-0.4, -0.2) is 12.0 Å². The van der Waals surface area contributed by atoms with Crippen LogP contribution in [-0.2, 0) is 4.79 Å². The van der Waals surface area contributed by atoms with Crippen molar-refractivity contribution in [2.75, 3.05) is 5.32 Å². The molecule has 5 heteroatoms. The number of carbonyl (C=O) groups excluding carboxylic acids is 1. The lowest BCUT2D eigenvalue weighted by atomic mass is 10.2. The second kappa shape index (κ2) is 6.59. The van der Waals surface area contributed by atoms with E-state index in [1.165, 1.54) is 6.07 Å². The summed E-state index contributed by atoms with van der Waals surface area (Å²) in [7, 11) is 0. The predicted molar refractivity (Wildman–Crippen MR) is 81.3 cm³/mol. The van der Waals surface area contributed by atoms with Gasteiger partial charge in [0.05, 0.1) is 5.69 Å². The van der Waals surface area contributed by atoms with Gasteiger partial charge in [0.1, 0.15) is 11.6 Å². The molecule has 0 aromatic heterocycles. The van der Waals surface area contributed by atoms with Crippen LogP contribution in [0.15, 0.2) is 42.5 Å². The lowest BCUT2D eigenvalue weighted by Crippen LogP contribution is -2.30. The van der Waals surface area contributed by atoms with Crippen molar-refractivity contribution in [2.45, 2.75) is 20.0 Å². The van der Waals surface area contributed by atoms with Gasteiger partial charge in [0, 0.05) is 5.02 Å². The molecule has 110 valence electrons. The number of amides is 1. The summed E-state index contributed by atoms with van der Waals surface area (Å²) < 4.78 is 19.1. The minimum atomic E-state index is -0.758. The molecule has 21 heavy (non-hydrogen) atoms. The summed E-state index contributed by atoms with van der Waals surface area (Å²) in [6.07, 6.45) is -0.758. The molecule has 3 nitrogen and oxygen atoms in total. The molecular weight excluding hydrogens is 293 g/mol. The van der Waals surface area contributed by atoms with Gasteiger partial charge < -0.3 is 10.1 Å². The van der Waals surface area contributed by atoms with Crippen LogP contribution in [0.4, 0.5) is 10.1 Å². The number of hydrogen-bond acceptors (Lipinski definition) is 2. The fourth-order valence-electron chi connectivity index (χ4n) is 1.74. The van der Waals surface area contributed by atoms with Gasteiger partial charge in [0.25, 0.3) is 5.91 Å². The van der Waals surface area contributed by atoms with Gasteiger partial charge in [-0.15, -0.1) is 0 Å². The molecule has 2 aromatic carbocycles. The Morgan fingerprint density at radius 1 is 1.24 bits per heavy atom. The van der Waals surface area contributed by atoms with Crippen molar-refractivity contribution >= 4 is 23.2 Å². The van der Waals surface area contributed by atoms with E-state index in [4.69, 9.17) is 16.3 Å². The first-order chi connectivity index (χ1) is 9.95. The lowest BCUT2D eigenvalue weighted by molar-refractivity contribution is -0.122. The fraction of sp³-hybridized carbons (Fsp3) is 0.188. The molecule has 0 aliphatic carbocycles. The number of benzene rings is 2. The van der Waals surface area contributed by atoms with Crippen LogP contribution < -0.4 is 10.1 Å². The third-order valence-corrected chi connectivity index (χ3v) is 3.13. The van der Waals surface area contributed by atoms with Crippen molar-refractivity contribution in [3.05, 3.63) is 58.9 Å². The monoisotopic (exact) mass is 307 g/mol. The first-order valence-corrected chi connectivity index (χ1v) is 6.83. The highest BCUT2D eigenvalue weighted by Gasteiger charge is 2.16. The minimum absolute atomic E-state index is 0.145. The Kier molecular flexibility index (Phi) is 4.81. The Morgan fingerprint density at radius 2 is 1.90 bits per heavy atom. The molecule has 0 spiro atoms. The Balaban J connectivity index is 2.02. The van der Waals surface area contributed by atoms with E-state index in [1.807, 2.05) is 6.92 Å². The average molecular weight is 308 g/mol. The first kappa shape index (κ1) is 15.3. The second-order valence-corrected chi connectivity index (χ2v) is 5.12. The summed E-state index contributed by atoms with van der Waals surface area (Å²) in [4.78, 5) is 12.0. The van der Waals surface area contributed by atoms with Crippen LogP contribution >= 0.6 is 11.6 Å². The van der Waals surface area contributed by atoms with E-state index < -0.39 is 17.8 Å². The smallest absolute Gasteiger partial charge is 0.265 e. The molecule has 0 aliphatic rings. The standard InChI is InChI=1S/C16H15ClFNO2/c1-10-3-8-14(18)15(9-10)19-16(20)11(2)21-13-6-4-12(17)5-7-13/h3-9,11H,1-2H3,(H,19,20). The van der Waals surface area contributed by atoms with Crippen molar-refractivity contribution in [3.8, 4) is 5.75 Å². The van der Waals surface area contributed by atoms with Crippen LogP contribution in [0.3, 0.4) is 0 Å². The van der Waals surface area contributed by atoms with Gasteiger partial charge in [0.2, 0.25) is 0 Å². The van der Waals surface area contributed by atoms with Crippen molar-refractivity contribution in [1.29, 1.82) is 0 Å². The summed E-state index contributed by atoms with van der Waals surface area (Å²) >= 11 is 5.77. The highest BCUT2D eigenvalue weighted by molar-refractivity contribution is 6.30. The van der Waals surface area contributed by atoms with Gasteiger partial charge in [-0.05, 0) is 55.8 Å². The van der Waals surface area contributed by atoms with E-state index in [1.54, 1.807) is 43.3 Å². The number of halogens is 2. The maximum atomic E-state index is 13.6. The van der Waals surface area contributed by atoms with E-state index in [-0.39, 0.29) is 5.69 Å². The van der Waals surface area contributed by atoms with Crippen LogP contribution in [0.5, 0.6) is 5.75 Å². The van der Waals surface area contributed by atoms with E-state index in [9.17, 15) is 9.18 Å². The number of carbonyl (C=O) groups is 1. The molecule has 0 bridgehead atoms. The second-order valence-electron chi connectivity index (χ2n) is 4.69. The van der Waals surface area contributed by atoms with E-state index >= 15 is 0 Å². The van der Waals surface area contributed by atoms with Crippen LogP contribution in [0.2, 0.25) is 5.02 Å². The topological polar surface area (TPSA) is 38.3 Å². The summed E-state index contributed by atoms with van der Waals surface area (Å²) in [6.45, 7) is 3.42. The molecule has 0 fully saturated rings. The summed E-state index contributed by atoms with van der Waals surface area (Å²) in [5.41, 5.74) is 1.00. The molecule has 2 rings (SSSR count). The first-order valence-electron chi connectivity index (χ1n) is 6.45. The van der Waals surface area contributed by atoms with Crippen LogP contribution in [0.25, 0.3) is 0 Å². The molecule has 0 radical (unpaired) electrons. The predicted octanol–water partition coefficient (Wildman–Crippen LogP) is 4.19. The molecule has 1 atom stereocenters. The van der Waals surface area contributed by atoms with Gasteiger partial charge in [-0.25, -0.2) is 4.39 Å². The maximum Gasteiger partial charge on any atom is 0.265 e. The van der Waals surface area contributed by atoms with Crippen molar-refractivity contribution in [3.63, 3.8) is 0 Å². The summed E-state index contributed by atoms with van der Waals surface area (Å²) in [5, 5.41) is 3.10. The van der Waals surface area contributed by atoms with Crippen LogP contribution in [0.1, 0.15) is 12.5 Å². The minimum Gasteiger partial charge on any atom is -0.481 e. The van der Waals surface area contributed by atoms with Crippen molar-refractivity contribution in [1.82, 2.24) is 0 Å². The highest BCUT2D eigenvalue weighted by Crippen LogP contribution is 2.19. The average Bonchev–Trinajstić information content (AvgIpc) is 2.45. The third kappa shape index (κ3) is 4.20. The fourth-order valence-corrected chi connectivity index (χ4v) is 1.87. The molecule has 0 saturated carbocycles. The Hall–Kier alpha value is -2.07. The number of ether oxygens (including phenoxy) is 1. The number of nitrogens with one attached hydrogen (secondary N) is 1. The van der Waals surface area contributed by atoms with Gasteiger partial charge in [-0.3, -0.25) is 4.79 Å². The molecule has 0 aliphatic heterocycles. The van der Waals surface area contributed by atoms with Crippen LogP contribution in [0, 0.1) is 12.7 Å². The zero-order valence-electron chi connectivity index (χ0n) is 11.7. The summed E-state index contributed by atoms with van der Waals surface area (Å²) in [5.74, 6) is -0.381. The molecule has 0 heterocycles. The molecule has 0 saturated heterocycles. The summed E-state index contributed by atoms with van der Waals surface area (Å²) in [6, 6.07) is 11.2. The lowest BCUT2D eigenvalue weighted by Gasteiger charge is -2.15. The molecule has 1 amide bonds. The molecule has 1 unspecified atom stereocenters. The van der Waals surface area contributed by atoms with Crippen molar-refractivity contribution in [2.24, 2.45) is 0 Å². The number of rotatable bonds is 4. The molecular formula is C16H15ClFNO2. The SMILES string of the molecule is Cc1ccc(F)c(NC(=O)C(C)Oc2ccc(Cl)cc2)c1. The van der Waals surface area contributed by atoms with Gasteiger partial charge in [-0.2, -0.15) is 0 Å². The zero-order valence-corrected chi connectivity index (χ0v) is 12.4. The zero-order chi connectivity index (χ0) is 15.4. The maximum absolute atomic E-state index is 13.6. The van der Waals surface area contributed by atoms with Gasteiger partial charge in [-0.1, -0.05) is 17.7 Å². The normalized spacial score (nSPS) is 11.8. The largest absolute Gasteiger partial charge is 0.481 e. The Morgan fingerprint density at radius 3 is 2.57 bits per heavy atom.